The monoisotopic (exact) mass is 243 g/mol. The molecule has 0 aliphatic carbocycles. The van der Waals surface area contributed by atoms with E-state index in [0.29, 0.717) is 29.8 Å². The van der Waals surface area contributed by atoms with Gasteiger partial charge >= 0.3 is 0 Å². The lowest BCUT2D eigenvalue weighted by molar-refractivity contribution is 0.183. The average Bonchev–Trinajstić information content (AvgIpc) is 2.25. The number of anilines is 1. The van der Waals surface area contributed by atoms with Gasteiger partial charge in [0.2, 0.25) is 0 Å². The first-order chi connectivity index (χ1) is 7.52. The Labute approximate surface area is 101 Å². The van der Waals surface area contributed by atoms with Crippen LogP contribution in [0.15, 0.2) is 6.07 Å². The van der Waals surface area contributed by atoms with Crippen LogP contribution in [-0.2, 0) is 0 Å². The van der Waals surface area contributed by atoms with Gasteiger partial charge in [0.05, 0.1) is 6.10 Å². The molecule has 0 aliphatic heterocycles. The minimum absolute atomic E-state index is 0.232. The zero-order valence-electron chi connectivity index (χ0n) is 9.87. The second-order valence-electron chi connectivity index (χ2n) is 4.03. The molecule has 90 valence electrons. The zero-order chi connectivity index (χ0) is 12.1. The molecular weight excluding hydrogens is 226 g/mol. The Balaban J connectivity index is 2.72. The Bertz CT molecular complexity index is 344. The Morgan fingerprint density at radius 3 is 2.69 bits per heavy atom. The second kappa shape index (κ2) is 6.01. The van der Waals surface area contributed by atoms with Crippen LogP contribution in [0.3, 0.4) is 0 Å². The van der Waals surface area contributed by atoms with E-state index in [1.807, 2.05) is 20.8 Å². The predicted octanol–water partition coefficient (Wildman–Crippen LogP) is 2.44. The van der Waals surface area contributed by atoms with Gasteiger partial charge in [-0.1, -0.05) is 32.4 Å². The Hall–Kier alpha value is -0.870. The van der Waals surface area contributed by atoms with Gasteiger partial charge in [0.15, 0.2) is 0 Å². The summed E-state index contributed by atoms with van der Waals surface area (Å²) in [5.74, 6) is 1.60. The Kier molecular flexibility index (Phi) is 4.96. The van der Waals surface area contributed by atoms with Crippen molar-refractivity contribution in [2.24, 2.45) is 0 Å². The number of nitrogens with one attached hydrogen (secondary N) is 1. The van der Waals surface area contributed by atoms with Gasteiger partial charge in [-0.05, 0) is 6.42 Å². The topological polar surface area (TPSA) is 58.0 Å². The van der Waals surface area contributed by atoms with Gasteiger partial charge in [0.25, 0.3) is 0 Å². The number of aromatic nitrogens is 2. The molecule has 0 amide bonds. The van der Waals surface area contributed by atoms with Gasteiger partial charge in [-0.25, -0.2) is 9.97 Å². The van der Waals surface area contributed by atoms with Crippen LogP contribution in [-0.4, -0.2) is 27.7 Å². The highest BCUT2D eigenvalue weighted by molar-refractivity contribution is 6.29. The standard InChI is InChI=1S/C11H18ClN3O/c1-4-8(16)6-13-10-5-9(12)14-11(15-10)7(2)3/h5,7-8,16H,4,6H2,1-3H3,(H,13,14,15). The van der Waals surface area contributed by atoms with Crippen LogP contribution in [0.5, 0.6) is 0 Å². The second-order valence-corrected chi connectivity index (χ2v) is 4.42. The summed E-state index contributed by atoms with van der Waals surface area (Å²) < 4.78 is 0. The SMILES string of the molecule is CCC(O)CNc1cc(Cl)nc(C(C)C)n1. The molecule has 16 heavy (non-hydrogen) atoms. The van der Waals surface area contributed by atoms with Crippen molar-refractivity contribution in [2.75, 3.05) is 11.9 Å². The van der Waals surface area contributed by atoms with E-state index in [1.54, 1.807) is 6.07 Å². The molecule has 1 aromatic rings. The molecule has 4 nitrogen and oxygen atoms in total. The lowest BCUT2D eigenvalue weighted by Gasteiger charge is -2.12. The van der Waals surface area contributed by atoms with Crippen LogP contribution in [0.25, 0.3) is 0 Å². The molecule has 2 N–H and O–H groups in total. The highest BCUT2D eigenvalue weighted by Gasteiger charge is 2.07. The molecule has 1 unspecified atom stereocenters. The molecule has 5 heteroatoms. The van der Waals surface area contributed by atoms with Crippen molar-refractivity contribution < 1.29 is 5.11 Å². The summed E-state index contributed by atoms with van der Waals surface area (Å²) in [6, 6.07) is 1.66. The molecule has 1 atom stereocenters. The van der Waals surface area contributed by atoms with Crippen LogP contribution >= 0.6 is 11.6 Å². The molecule has 1 rings (SSSR count). The van der Waals surface area contributed by atoms with Crippen molar-refractivity contribution in [3.05, 3.63) is 17.0 Å². The van der Waals surface area contributed by atoms with E-state index in [-0.39, 0.29) is 12.0 Å². The molecule has 0 bridgehead atoms. The number of halogens is 1. The van der Waals surface area contributed by atoms with E-state index < -0.39 is 0 Å². The molecule has 0 aromatic carbocycles. The van der Waals surface area contributed by atoms with E-state index >= 15 is 0 Å². The van der Waals surface area contributed by atoms with Gasteiger partial charge in [-0.3, -0.25) is 0 Å². The van der Waals surface area contributed by atoms with Crippen molar-refractivity contribution in [1.82, 2.24) is 9.97 Å². The molecule has 0 saturated carbocycles. The number of hydrogen-bond donors (Lipinski definition) is 2. The fourth-order valence-corrected chi connectivity index (χ4v) is 1.34. The van der Waals surface area contributed by atoms with Crippen LogP contribution in [0.4, 0.5) is 5.82 Å². The average molecular weight is 244 g/mol. The molecule has 1 aromatic heterocycles. The van der Waals surface area contributed by atoms with Crippen LogP contribution in [0.2, 0.25) is 5.15 Å². The maximum atomic E-state index is 9.43. The molecule has 0 fully saturated rings. The Morgan fingerprint density at radius 2 is 2.12 bits per heavy atom. The number of aliphatic hydroxyl groups excluding tert-OH is 1. The quantitative estimate of drug-likeness (QED) is 0.780. The fourth-order valence-electron chi connectivity index (χ4n) is 1.15. The molecule has 1 heterocycles. The lowest BCUT2D eigenvalue weighted by atomic mass is 10.2. The van der Waals surface area contributed by atoms with Crippen molar-refractivity contribution >= 4 is 17.4 Å². The first-order valence-corrected chi connectivity index (χ1v) is 5.87. The van der Waals surface area contributed by atoms with Crippen LogP contribution < -0.4 is 5.32 Å². The normalized spacial score (nSPS) is 12.9. The first kappa shape index (κ1) is 13.2. The maximum Gasteiger partial charge on any atom is 0.135 e. The summed E-state index contributed by atoms with van der Waals surface area (Å²) in [6.45, 7) is 6.42. The summed E-state index contributed by atoms with van der Waals surface area (Å²) in [5, 5.41) is 12.9. The minimum Gasteiger partial charge on any atom is -0.391 e. The van der Waals surface area contributed by atoms with E-state index in [9.17, 15) is 5.11 Å². The van der Waals surface area contributed by atoms with Crippen molar-refractivity contribution in [3.8, 4) is 0 Å². The van der Waals surface area contributed by atoms with E-state index in [0.717, 1.165) is 0 Å². The highest BCUT2D eigenvalue weighted by atomic mass is 35.5. The van der Waals surface area contributed by atoms with Crippen LogP contribution in [0, 0.1) is 0 Å². The third-order valence-corrected chi connectivity index (χ3v) is 2.41. The number of nitrogens with zero attached hydrogens (tertiary/aromatic N) is 2. The number of rotatable bonds is 5. The predicted molar refractivity (Wildman–Crippen MR) is 65.9 cm³/mol. The Morgan fingerprint density at radius 1 is 1.44 bits per heavy atom. The first-order valence-electron chi connectivity index (χ1n) is 5.49. The van der Waals surface area contributed by atoms with Crippen molar-refractivity contribution in [1.29, 1.82) is 0 Å². The maximum absolute atomic E-state index is 9.43. The number of aliphatic hydroxyl groups is 1. The van der Waals surface area contributed by atoms with Gasteiger partial charge in [-0.2, -0.15) is 0 Å². The molecule has 0 aliphatic rings. The molecule has 0 spiro atoms. The van der Waals surface area contributed by atoms with Gasteiger partial charge in [0.1, 0.15) is 16.8 Å². The molecule has 0 saturated heterocycles. The molecular formula is C11H18ClN3O. The highest BCUT2D eigenvalue weighted by Crippen LogP contribution is 2.16. The van der Waals surface area contributed by atoms with E-state index in [4.69, 9.17) is 11.6 Å². The third-order valence-electron chi connectivity index (χ3n) is 2.22. The molecule has 0 radical (unpaired) electrons. The summed E-state index contributed by atoms with van der Waals surface area (Å²) in [4.78, 5) is 8.45. The van der Waals surface area contributed by atoms with Gasteiger partial charge < -0.3 is 10.4 Å². The minimum atomic E-state index is -0.365. The van der Waals surface area contributed by atoms with Crippen LogP contribution in [0.1, 0.15) is 38.9 Å². The zero-order valence-corrected chi connectivity index (χ0v) is 10.6. The summed E-state index contributed by atoms with van der Waals surface area (Å²) in [5.41, 5.74) is 0. The fraction of sp³-hybridized carbons (Fsp3) is 0.636. The van der Waals surface area contributed by atoms with Gasteiger partial charge in [-0.15, -0.1) is 0 Å². The lowest BCUT2D eigenvalue weighted by Crippen LogP contribution is -2.19. The van der Waals surface area contributed by atoms with E-state index in [1.165, 1.54) is 0 Å². The third kappa shape index (κ3) is 3.94. The largest absolute Gasteiger partial charge is 0.391 e. The van der Waals surface area contributed by atoms with E-state index in [2.05, 4.69) is 15.3 Å². The van der Waals surface area contributed by atoms with Gasteiger partial charge in [0, 0.05) is 18.5 Å². The summed E-state index contributed by atoms with van der Waals surface area (Å²) >= 11 is 5.89. The smallest absolute Gasteiger partial charge is 0.135 e. The summed E-state index contributed by atoms with van der Waals surface area (Å²) in [7, 11) is 0. The number of hydrogen-bond acceptors (Lipinski definition) is 4. The van der Waals surface area contributed by atoms with Crippen molar-refractivity contribution in [3.63, 3.8) is 0 Å². The van der Waals surface area contributed by atoms with Crippen molar-refractivity contribution in [2.45, 2.75) is 39.2 Å². The summed E-state index contributed by atoms with van der Waals surface area (Å²) in [6.07, 6.45) is 0.347.